The molecule has 0 saturated carbocycles. The topological polar surface area (TPSA) is 118 Å². The van der Waals surface area contributed by atoms with Crippen molar-refractivity contribution in [1.82, 2.24) is 0 Å². The molecule has 0 fully saturated rings. The van der Waals surface area contributed by atoms with Crippen molar-refractivity contribution in [1.29, 1.82) is 0 Å². The van der Waals surface area contributed by atoms with E-state index >= 15 is 0 Å². The Morgan fingerprint density at radius 3 is 2.04 bits per heavy atom. The molecule has 2 rings (SSSR count). The number of nitro benzene ring substituents is 1. The molecule has 2 aromatic carbocycles. The minimum atomic E-state index is -1.66. The first-order valence-corrected chi connectivity index (χ1v) is 6.43. The zero-order valence-electron chi connectivity index (χ0n) is 11.7. The number of carboxylic acids is 2. The Morgan fingerprint density at radius 2 is 1.52 bits per heavy atom. The maximum atomic E-state index is 11.4. The van der Waals surface area contributed by atoms with Crippen LogP contribution in [-0.2, 0) is 0 Å². The lowest BCUT2D eigenvalue weighted by Crippen LogP contribution is -2.13. The van der Waals surface area contributed by atoms with Gasteiger partial charge in [-0.3, -0.25) is 10.1 Å². The van der Waals surface area contributed by atoms with Crippen LogP contribution in [0.5, 0.6) is 0 Å². The van der Waals surface area contributed by atoms with E-state index in [9.17, 15) is 24.8 Å². The summed E-state index contributed by atoms with van der Waals surface area (Å²) in [5.41, 5.74) is -1.35. The van der Waals surface area contributed by atoms with Crippen molar-refractivity contribution < 1.29 is 24.7 Å². The Bertz CT molecular complexity index is 811. The molecule has 7 nitrogen and oxygen atoms in total. The molecular formula is C16H11NO6. The first-order valence-electron chi connectivity index (χ1n) is 6.43. The summed E-state index contributed by atoms with van der Waals surface area (Å²) in [6.07, 6.45) is 3.01. The Hall–Kier alpha value is -3.48. The molecule has 0 bridgehead atoms. The molecule has 116 valence electrons. The van der Waals surface area contributed by atoms with Crippen LogP contribution in [-0.4, -0.2) is 27.1 Å². The molecule has 0 aliphatic heterocycles. The first kappa shape index (κ1) is 15.9. The van der Waals surface area contributed by atoms with Crippen molar-refractivity contribution in [2.75, 3.05) is 0 Å². The molecule has 7 heteroatoms. The summed E-state index contributed by atoms with van der Waals surface area (Å²) in [5.74, 6) is -3.21. The minimum Gasteiger partial charge on any atom is -0.478 e. The molecule has 0 radical (unpaired) electrons. The zero-order valence-corrected chi connectivity index (χ0v) is 11.7. The third-order valence-corrected chi connectivity index (χ3v) is 3.09. The highest BCUT2D eigenvalue weighted by Crippen LogP contribution is 2.27. The monoisotopic (exact) mass is 313 g/mol. The highest BCUT2D eigenvalue weighted by Gasteiger charge is 2.29. The Kier molecular flexibility index (Phi) is 4.51. The van der Waals surface area contributed by atoms with Gasteiger partial charge >= 0.3 is 11.9 Å². The summed E-state index contributed by atoms with van der Waals surface area (Å²) in [6, 6.07) is 11.1. The fraction of sp³-hybridized carbons (Fsp3) is 0. The van der Waals surface area contributed by atoms with Gasteiger partial charge < -0.3 is 10.2 Å². The predicted molar refractivity (Wildman–Crippen MR) is 82.4 cm³/mol. The molecule has 0 atom stereocenters. The third kappa shape index (κ3) is 3.41. The molecule has 0 spiro atoms. The Labute approximate surface area is 130 Å². The number of aromatic carboxylic acids is 2. The summed E-state index contributed by atoms with van der Waals surface area (Å²) in [4.78, 5) is 32.7. The fourth-order valence-electron chi connectivity index (χ4n) is 2.10. The van der Waals surface area contributed by atoms with Gasteiger partial charge in [0.15, 0.2) is 5.56 Å². The molecule has 0 saturated heterocycles. The summed E-state index contributed by atoms with van der Waals surface area (Å²) in [5, 5.41) is 29.4. The molecule has 2 N–H and O–H groups in total. The van der Waals surface area contributed by atoms with Gasteiger partial charge in [0, 0.05) is 6.07 Å². The number of nitro groups is 1. The van der Waals surface area contributed by atoms with Crippen molar-refractivity contribution in [3.05, 3.63) is 74.8 Å². The van der Waals surface area contributed by atoms with Gasteiger partial charge in [-0.1, -0.05) is 42.5 Å². The molecular weight excluding hydrogens is 302 g/mol. The molecule has 0 amide bonds. The summed E-state index contributed by atoms with van der Waals surface area (Å²) in [7, 11) is 0. The van der Waals surface area contributed by atoms with E-state index in [1.54, 1.807) is 30.3 Å². The molecule has 0 unspecified atom stereocenters. The molecule has 0 aliphatic carbocycles. The molecule has 0 heterocycles. The van der Waals surface area contributed by atoms with Crippen LogP contribution in [0.15, 0.2) is 42.5 Å². The number of nitrogens with zero attached hydrogens (tertiary/aromatic N) is 1. The Morgan fingerprint density at radius 1 is 0.913 bits per heavy atom. The standard InChI is InChI=1S/C16H11NO6/c18-15(19)13-11(7-6-10-4-2-1-3-5-10)8-9-12(17(22)23)14(13)16(20)21/h1-9H,(H,18,19)(H,20,21). The lowest BCUT2D eigenvalue weighted by atomic mass is 9.98. The molecule has 2 aromatic rings. The van der Waals surface area contributed by atoms with Crippen molar-refractivity contribution in [2.24, 2.45) is 0 Å². The second kappa shape index (κ2) is 6.52. The van der Waals surface area contributed by atoms with E-state index in [4.69, 9.17) is 5.11 Å². The van der Waals surface area contributed by atoms with Crippen molar-refractivity contribution in [2.45, 2.75) is 0 Å². The van der Waals surface area contributed by atoms with Gasteiger partial charge in [-0.2, -0.15) is 0 Å². The van der Waals surface area contributed by atoms with Gasteiger partial charge in [-0.05, 0) is 17.2 Å². The van der Waals surface area contributed by atoms with E-state index in [0.717, 1.165) is 11.6 Å². The number of carboxylic acid groups (broad SMARTS) is 2. The van der Waals surface area contributed by atoms with E-state index in [2.05, 4.69) is 0 Å². The molecule has 0 aliphatic rings. The van der Waals surface area contributed by atoms with Crippen LogP contribution < -0.4 is 0 Å². The van der Waals surface area contributed by atoms with Crippen molar-refractivity contribution >= 4 is 29.8 Å². The lowest BCUT2D eigenvalue weighted by molar-refractivity contribution is -0.385. The summed E-state index contributed by atoms with van der Waals surface area (Å²) >= 11 is 0. The number of benzene rings is 2. The van der Waals surface area contributed by atoms with Gasteiger partial charge in [-0.15, -0.1) is 0 Å². The lowest BCUT2D eigenvalue weighted by Gasteiger charge is -2.06. The van der Waals surface area contributed by atoms with Crippen LogP contribution in [0.2, 0.25) is 0 Å². The molecule has 23 heavy (non-hydrogen) atoms. The van der Waals surface area contributed by atoms with Gasteiger partial charge in [0.25, 0.3) is 5.69 Å². The largest absolute Gasteiger partial charge is 0.478 e. The van der Waals surface area contributed by atoms with Crippen LogP contribution in [0.25, 0.3) is 12.2 Å². The van der Waals surface area contributed by atoms with Gasteiger partial charge in [-0.25, -0.2) is 9.59 Å². The number of hydrogen-bond acceptors (Lipinski definition) is 4. The predicted octanol–water partition coefficient (Wildman–Crippen LogP) is 3.16. The average Bonchev–Trinajstić information content (AvgIpc) is 2.52. The average molecular weight is 313 g/mol. The van der Waals surface area contributed by atoms with E-state index in [0.29, 0.717) is 0 Å². The quantitative estimate of drug-likeness (QED) is 0.497. The second-order valence-corrected chi connectivity index (χ2v) is 4.54. The number of hydrogen-bond donors (Lipinski definition) is 2. The van der Waals surface area contributed by atoms with Gasteiger partial charge in [0.2, 0.25) is 0 Å². The third-order valence-electron chi connectivity index (χ3n) is 3.09. The SMILES string of the molecule is O=C(O)c1c(C=Cc2ccccc2)ccc([N+](=O)[O-])c1C(=O)O. The van der Waals surface area contributed by atoms with Crippen LogP contribution in [0.3, 0.4) is 0 Å². The first-order chi connectivity index (χ1) is 10.9. The van der Waals surface area contributed by atoms with Crippen LogP contribution in [0.4, 0.5) is 5.69 Å². The van der Waals surface area contributed by atoms with E-state index in [1.165, 1.54) is 12.1 Å². The fourth-order valence-corrected chi connectivity index (χ4v) is 2.10. The van der Waals surface area contributed by atoms with Gasteiger partial charge in [0.1, 0.15) is 0 Å². The maximum absolute atomic E-state index is 11.4. The Balaban J connectivity index is 2.63. The highest BCUT2D eigenvalue weighted by molar-refractivity contribution is 6.07. The van der Waals surface area contributed by atoms with Crippen molar-refractivity contribution in [3.63, 3.8) is 0 Å². The second-order valence-electron chi connectivity index (χ2n) is 4.54. The van der Waals surface area contributed by atoms with Gasteiger partial charge in [0.05, 0.1) is 10.5 Å². The minimum absolute atomic E-state index is 0.0735. The molecule has 0 aromatic heterocycles. The van der Waals surface area contributed by atoms with Crippen LogP contribution in [0, 0.1) is 10.1 Å². The zero-order chi connectivity index (χ0) is 17.0. The number of carbonyl (C=O) groups is 2. The maximum Gasteiger partial charge on any atom is 0.343 e. The summed E-state index contributed by atoms with van der Waals surface area (Å²) in [6.45, 7) is 0. The van der Waals surface area contributed by atoms with Crippen LogP contribution in [0.1, 0.15) is 31.8 Å². The van der Waals surface area contributed by atoms with Crippen LogP contribution >= 0.6 is 0 Å². The number of rotatable bonds is 5. The highest BCUT2D eigenvalue weighted by atomic mass is 16.6. The van der Waals surface area contributed by atoms with E-state index in [-0.39, 0.29) is 5.56 Å². The van der Waals surface area contributed by atoms with E-state index in [1.807, 2.05) is 6.07 Å². The summed E-state index contributed by atoms with van der Waals surface area (Å²) < 4.78 is 0. The smallest absolute Gasteiger partial charge is 0.343 e. The van der Waals surface area contributed by atoms with E-state index < -0.39 is 33.7 Å². The van der Waals surface area contributed by atoms with Crippen molar-refractivity contribution in [3.8, 4) is 0 Å². The normalized spacial score (nSPS) is 10.6.